The van der Waals surface area contributed by atoms with Gasteiger partial charge in [-0.3, -0.25) is 9.59 Å². The van der Waals surface area contributed by atoms with Gasteiger partial charge in [0, 0.05) is 25.1 Å². The number of pyridine rings is 1. The maximum Gasteiger partial charge on any atom is 0.303 e. The van der Waals surface area contributed by atoms with Gasteiger partial charge in [-0.15, -0.1) is 0 Å². The van der Waals surface area contributed by atoms with Crippen molar-refractivity contribution >= 4 is 22.9 Å². The molecule has 2 N–H and O–H groups in total. The van der Waals surface area contributed by atoms with Gasteiger partial charge in [-0.05, 0) is 19.4 Å². The molecule has 26 heavy (non-hydrogen) atoms. The minimum atomic E-state index is -0.874. The average molecular weight is 352 g/mol. The van der Waals surface area contributed by atoms with Crippen molar-refractivity contribution in [2.24, 2.45) is 0 Å². The molecular weight excluding hydrogens is 332 g/mol. The lowest BCUT2D eigenvalue weighted by atomic mass is 10.1. The number of carboxylic acid groups (broad SMARTS) is 1. The fourth-order valence-electron chi connectivity index (χ4n) is 2.76. The number of aliphatic carboxylic acids is 1. The quantitative estimate of drug-likeness (QED) is 0.637. The Morgan fingerprint density at radius 3 is 2.69 bits per heavy atom. The van der Waals surface area contributed by atoms with E-state index in [0.717, 1.165) is 5.56 Å². The van der Waals surface area contributed by atoms with E-state index in [9.17, 15) is 9.59 Å². The van der Waals surface area contributed by atoms with E-state index in [1.807, 2.05) is 37.3 Å². The number of aryl methyl sites for hydroxylation is 1. The minimum absolute atomic E-state index is 0.0229. The summed E-state index contributed by atoms with van der Waals surface area (Å²) in [7, 11) is 0. The number of nitrogens with zero attached hydrogens (tertiary/aromatic N) is 3. The van der Waals surface area contributed by atoms with Crippen LogP contribution in [0.15, 0.2) is 42.6 Å². The van der Waals surface area contributed by atoms with Crippen molar-refractivity contribution in [1.82, 2.24) is 20.1 Å². The second-order valence-corrected chi connectivity index (χ2v) is 5.87. The van der Waals surface area contributed by atoms with Gasteiger partial charge in [0.05, 0.1) is 22.8 Å². The van der Waals surface area contributed by atoms with Gasteiger partial charge >= 0.3 is 5.97 Å². The molecule has 0 bridgehead atoms. The molecule has 0 radical (unpaired) electrons. The van der Waals surface area contributed by atoms with Crippen LogP contribution >= 0.6 is 0 Å². The summed E-state index contributed by atoms with van der Waals surface area (Å²) in [5.41, 5.74) is 2.76. The van der Waals surface area contributed by atoms with E-state index in [2.05, 4.69) is 15.4 Å². The van der Waals surface area contributed by atoms with E-state index in [-0.39, 0.29) is 12.3 Å². The Bertz CT molecular complexity index is 935. The Morgan fingerprint density at radius 2 is 2.00 bits per heavy atom. The number of amides is 1. The molecule has 0 spiro atoms. The van der Waals surface area contributed by atoms with Crippen LogP contribution in [0.25, 0.3) is 22.3 Å². The number of carboxylic acids is 1. The molecule has 0 fully saturated rings. The highest BCUT2D eigenvalue weighted by Gasteiger charge is 2.17. The molecule has 3 aromatic rings. The first kappa shape index (κ1) is 17.6. The zero-order chi connectivity index (χ0) is 18.5. The van der Waals surface area contributed by atoms with E-state index in [4.69, 9.17) is 5.11 Å². The van der Waals surface area contributed by atoms with Crippen LogP contribution in [0.4, 0.5) is 0 Å². The summed E-state index contributed by atoms with van der Waals surface area (Å²) in [6.07, 6.45) is 2.05. The summed E-state index contributed by atoms with van der Waals surface area (Å²) in [6.45, 7) is 2.92. The maximum absolute atomic E-state index is 12.7. The summed E-state index contributed by atoms with van der Waals surface area (Å²) in [5, 5.41) is 16.5. The lowest BCUT2D eigenvalue weighted by Gasteiger charge is -2.09. The van der Waals surface area contributed by atoms with Crippen molar-refractivity contribution in [2.75, 3.05) is 6.54 Å². The predicted octanol–water partition coefficient (Wildman–Crippen LogP) is 2.71. The maximum atomic E-state index is 12.7. The first-order valence-corrected chi connectivity index (χ1v) is 8.52. The Kier molecular flexibility index (Phi) is 5.26. The van der Waals surface area contributed by atoms with Gasteiger partial charge in [0.15, 0.2) is 5.65 Å². The number of aromatic nitrogens is 3. The van der Waals surface area contributed by atoms with Crippen LogP contribution in [0, 0.1) is 0 Å². The fourth-order valence-corrected chi connectivity index (χ4v) is 2.76. The molecule has 0 aliphatic heterocycles. The van der Waals surface area contributed by atoms with Crippen LogP contribution in [-0.2, 0) is 11.3 Å². The summed E-state index contributed by atoms with van der Waals surface area (Å²) in [4.78, 5) is 27.9. The molecular formula is C19H20N4O3. The van der Waals surface area contributed by atoms with Crippen LogP contribution in [0.3, 0.4) is 0 Å². The smallest absolute Gasteiger partial charge is 0.303 e. The van der Waals surface area contributed by atoms with E-state index >= 15 is 0 Å². The number of hydrogen-bond acceptors (Lipinski definition) is 4. The molecule has 3 rings (SSSR count). The molecule has 0 atom stereocenters. The van der Waals surface area contributed by atoms with Crippen molar-refractivity contribution in [3.8, 4) is 11.3 Å². The number of carbonyl (C=O) groups excluding carboxylic acids is 1. The molecule has 7 heteroatoms. The topological polar surface area (TPSA) is 97.1 Å². The second kappa shape index (κ2) is 7.77. The summed E-state index contributed by atoms with van der Waals surface area (Å²) < 4.78 is 1.75. The monoisotopic (exact) mass is 352 g/mol. The van der Waals surface area contributed by atoms with E-state index in [1.165, 1.54) is 0 Å². The van der Waals surface area contributed by atoms with Gasteiger partial charge in [0.1, 0.15) is 0 Å². The van der Waals surface area contributed by atoms with Crippen molar-refractivity contribution in [3.05, 3.63) is 48.2 Å². The molecule has 1 amide bonds. The molecule has 7 nitrogen and oxygen atoms in total. The molecule has 134 valence electrons. The van der Waals surface area contributed by atoms with Crippen molar-refractivity contribution in [1.29, 1.82) is 0 Å². The summed E-state index contributed by atoms with van der Waals surface area (Å²) in [5.74, 6) is -1.13. The van der Waals surface area contributed by atoms with Crippen molar-refractivity contribution in [2.45, 2.75) is 26.3 Å². The van der Waals surface area contributed by atoms with Gasteiger partial charge in [0.2, 0.25) is 0 Å². The van der Waals surface area contributed by atoms with E-state index in [0.29, 0.717) is 41.8 Å². The highest BCUT2D eigenvalue weighted by molar-refractivity contribution is 6.06. The molecule has 0 unspecified atom stereocenters. The first-order valence-electron chi connectivity index (χ1n) is 8.52. The lowest BCUT2D eigenvalue weighted by molar-refractivity contribution is -0.137. The number of hydrogen-bond donors (Lipinski definition) is 2. The molecule has 1 aromatic carbocycles. The number of rotatable bonds is 7. The van der Waals surface area contributed by atoms with Crippen LogP contribution < -0.4 is 5.32 Å². The first-order chi connectivity index (χ1) is 12.6. The average Bonchev–Trinajstić information content (AvgIpc) is 3.08. The van der Waals surface area contributed by atoms with Gasteiger partial charge in [-0.25, -0.2) is 9.67 Å². The van der Waals surface area contributed by atoms with Gasteiger partial charge in [-0.2, -0.15) is 5.10 Å². The second-order valence-electron chi connectivity index (χ2n) is 5.87. The lowest BCUT2D eigenvalue weighted by Crippen LogP contribution is -2.25. The molecule has 0 aliphatic rings. The van der Waals surface area contributed by atoms with Crippen LogP contribution in [0.5, 0.6) is 0 Å². The predicted molar refractivity (Wildman–Crippen MR) is 97.8 cm³/mol. The zero-order valence-corrected chi connectivity index (χ0v) is 14.5. The SMILES string of the molecule is CCn1ncc2c(C(=O)NCCCC(=O)O)cc(-c3ccccc3)nc21. The fraction of sp³-hybridized carbons (Fsp3) is 0.263. The van der Waals surface area contributed by atoms with E-state index in [1.54, 1.807) is 16.9 Å². The largest absolute Gasteiger partial charge is 0.481 e. The number of carbonyl (C=O) groups is 2. The molecule has 2 aromatic heterocycles. The Labute approximate surface area is 150 Å². The Morgan fingerprint density at radius 1 is 1.23 bits per heavy atom. The van der Waals surface area contributed by atoms with Crippen molar-refractivity contribution in [3.63, 3.8) is 0 Å². The minimum Gasteiger partial charge on any atom is -0.481 e. The van der Waals surface area contributed by atoms with Crippen LogP contribution in [-0.4, -0.2) is 38.3 Å². The highest BCUT2D eigenvalue weighted by Crippen LogP contribution is 2.24. The number of fused-ring (bicyclic) bond motifs is 1. The number of benzene rings is 1. The van der Waals surface area contributed by atoms with Crippen molar-refractivity contribution < 1.29 is 14.7 Å². The van der Waals surface area contributed by atoms with Gasteiger partial charge in [-0.1, -0.05) is 30.3 Å². The third-order valence-corrected chi connectivity index (χ3v) is 4.08. The number of nitrogens with one attached hydrogen (secondary N) is 1. The zero-order valence-electron chi connectivity index (χ0n) is 14.5. The standard InChI is InChI=1S/C19H20N4O3/c1-2-23-18-15(12-21-23)14(19(26)20-10-6-9-17(24)25)11-16(22-18)13-7-4-3-5-8-13/h3-5,7-8,11-12H,2,6,9-10H2,1H3,(H,20,26)(H,24,25). The Hall–Kier alpha value is -3.22. The normalized spacial score (nSPS) is 10.8. The van der Waals surface area contributed by atoms with E-state index < -0.39 is 5.97 Å². The molecule has 0 aliphatic carbocycles. The highest BCUT2D eigenvalue weighted by atomic mass is 16.4. The van der Waals surface area contributed by atoms with Crippen LogP contribution in [0.1, 0.15) is 30.1 Å². The third-order valence-electron chi connectivity index (χ3n) is 4.08. The van der Waals surface area contributed by atoms with Gasteiger partial charge < -0.3 is 10.4 Å². The summed E-state index contributed by atoms with van der Waals surface area (Å²) in [6, 6.07) is 11.4. The van der Waals surface area contributed by atoms with Gasteiger partial charge in [0.25, 0.3) is 5.91 Å². The Balaban J connectivity index is 1.96. The van der Waals surface area contributed by atoms with Crippen LogP contribution in [0.2, 0.25) is 0 Å². The molecule has 2 heterocycles. The summed E-state index contributed by atoms with van der Waals surface area (Å²) >= 11 is 0. The molecule has 0 saturated carbocycles. The molecule has 0 saturated heterocycles. The third kappa shape index (κ3) is 3.72.